The van der Waals surface area contributed by atoms with Gasteiger partial charge < -0.3 is 36.4 Å². The summed E-state index contributed by atoms with van der Waals surface area (Å²) < 4.78 is 14.9. The second-order valence-corrected chi connectivity index (χ2v) is 14.1. The Morgan fingerprint density at radius 2 is 1.36 bits per heavy atom. The summed E-state index contributed by atoms with van der Waals surface area (Å²) in [6, 6.07) is 45.7. The van der Waals surface area contributed by atoms with Gasteiger partial charge in [-0.2, -0.15) is 0 Å². The molecule has 58 heavy (non-hydrogen) atoms. The lowest BCUT2D eigenvalue weighted by Gasteiger charge is -2.22. The van der Waals surface area contributed by atoms with E-state index in [0.717, 1.165) is 103 Å². The smallest absolute Gasteiger partial charge is 0.339 e. The van der Waals surface area contributed by atoms with Gasteiger partial charge in [0.25, 0.3) is 5.91 Å². The summed E-state index contributed by atoms with van der Waals surface area (Å²) in [4.78, 5) is 29.7. The molecule has 0 saturated heterocycles. The molecule has 1 aliphatic carbocycles. The van der Waals surface area contributed by atoms with Crippen molar-refractivity contribution >= 4 is 55.8 Å². The van der Waals surface area contributed by atoms with Gasteiger partial charge in [0.2, 0.25) is 5.36 Å². The zero-order chi connectivity index (χ0) is 39.5. The van der Waals surface area contributed by atoms with Gasteiger partial charge in [-0.25, -0.2) is 9.37 Å². The first-order valence-corrected chi connectivity index (χ1v) is 19.8. The van der Waals surface area contributed by atoms with Crippen molar-refractivity contribution in [2.24, 2.45) is 0 Å². The van der Waals surface area contributed by atoms with Crippen molar-refractivity contribution in [3.8, 4) is 22.5 Å². The highest BCUT2D eigenvalue weighted by Gasteiger charge is 2.24. The van der Waals surface area contributed by atoms with E-state index in [9.17, 15) is 9.59 Å². The van der Waals surface area contributed by atoms with Crippen LogP contribution in [0, 0.1) is 0 Å². The summed E-state index contributed by atoms with van der Waals surface area (Å²) in [6.07, 6.45) is 0. The van der Waals surface area contributed by atoms with Gasteiger partial charge >= 0.3 is 5.97 Å². The molecule has 6 aromatic rings. The number of halogens is 1. The van der Waals surface area contributed by atoms with Gasteiger partial charge in [-0.15, -0.1) is 0 Å². The topological polar surface area (TPSA) is 74.8 Å². The maximum Gasteiger partial charge on any atom is 0.339 e. The molecule has 0 spiro atoms. The molecular weight excluding hydrogens is 786 g/mol. The fourth-order valence-corrected chi connectivity index (χ4v) is 7.94. The van der Waals surface area contributed by atoms with Gasteiger partial charge in [0.1, 0.15) is 31.0 Å². The van der Waals surface area contributed by atoms with Crippen molar-refractivity contribution in [3.05, 3.63) is 162 Å². The molecule has 1 heterocycles. The molecule has 1 N–H and O–H groups in total. The molecule has 2 aliphatic rings. The molecule has 0 unspecified atom stereocenters. The average molecular weight is 833 g/mol. The molecule has 8 rings (SSSR count). The number of nitrogens with one attached hydrogen (secondary N) is 1. The summed E-state index contributed by atoms with van der Waals surface area (Å²) in [7, 11) is 0. The molecule has 0 saturated carbocycles. The second-order valence-electron chi connectivity index (χ2n) is 14.1. The molecule has 7 nitrogen and oxygen atoms in total. The van der Waals surface area contributed by atoms with Crippen LogP contribution in [0.25, 0.3) is 55.0 Å². The van der Waals surface area contributed by atoms with Crippen LogP contribution in [-0.2, 0) is 11.3 Å². The molecule has 0 radical (unpaired) electrons. The number of rotatable bonds is 11. The number of fused-ring (bicyclic) bond motifs is 5. The summed E-state index contributed by atoms with van der Waals surface area (Å²) >= 11 is 0. The van der Waals surface area contributed by atoms with Crippen LogP contribution in [0.2, 0.25) is 0 Å². The number of carbonyl (C=O) groups excluding carboxylic acids is 2. The standard InChI is InChI=1S/C50H45N3O4.BrH/c1-5-52(6-2)36-25-27-43-46(30-36)57-47-31-37(53(7-3)8-4)26-28-44(47)48(43)41-19-13-14-20-42(41)50(55)56-32-33-21-23-34(24-22-33)49(54)51-45-29-35-15-9-10-16-38(35)39-17-11-12-18-40(39)45;/h9-31H,5-8,32H2,1-4H3;1H. The van der Waals surface area contributed by atoms with E-state index < -0.39 is 5.97 Å². The van der Waals surface area contributed by atoms with Crippen LogP contribution >= 0.6 is 0 Å². The van der Waals surface area contributed by atoms with Gasteiger partial charge in [0, 0.05) is 64.1 Å². The van der Waals surface area contributed by atoms with Crippen LogP contribution in [0.5, 0.6) is 0 Å². The maximum atomic E-state index is 14.0. The first-order valence-electron chi connectivity index (χ1n) is 19.8. The van der Waals surface area contributed by atoms with E-state index >= 15 is 0 Å². The van der Waals surface area contributed by atoms with Gasteiger partial charge in [0.15, 0.2) is 0 Å². The highest BCUT2D eigenvalue weighted by Crippen LogP contribution is 2.42. The molecule has 0 fully saturated rings. The van der Waals surface area contributed by atoms with E-state index in [0.29, 0.717) is 11.1 Å². The van der Waals surface area contributed by atoms with E-state index in [-0.39, 0.29) is 29.5 Å². The predicted octanol–water partition coefficient (Wildman–Crippen LogP) is 7.78. The van der Waals surface area contributed by atoms with Crippen LogP contribution < -0.4 is 37.1 Å². The van der Waals surface area contributed by atoms with Crippen LogP contribution in [-0.4, -0.2) is 38.1 Å². The minimum atomic E-state index is -0.433. The molecule has 0 aromatic heterocycles. The minimum absolute atomic E-state index is 0. The predicted molar refractivity (Wildman–Crippen MR) is 233 cm³/mol. The van der Waals surface area contributed by atoms with Crippen molar-refractivity contribution in [2.75, 3.05) is 36.4 Å². The molecule has 1 aliphatic heterocycles. The number of carbonyl (C=O) groups is 2. The van der Waals surface area contributed by atoms with Crippen LogP contribution in [0.4, 0.5) is 11.4 Å². The largest absolute Gasteiger partial charge is 1.00 e. The Balaban J connectivity index is 0.00000512. The Morgan fingerprint density at radius 1 is 0.672 bits per heavy atom. The third-order valence-electron chi connectivity index (χ3n) is 11.0. The first kappa shape index (κ1) is 40.0. The van der Waals surface area contributed by atoms with Gasteiger partial charge in [-0.1, -0.05) is 78.9 Å². The van der Waals surface area contributed by atoms with E-state index in [2.05, 4.69) is 97.1 Å². The van der Waals surface area contributed by atoms with Gasteiger partial charge in [-0.3, -0.25) is 4.79 Å². The Morgan fingerprint density at radius 3 is 2.10 bits per heavy atom. The van der Waals surface area contributed by atoms with Crippen molar-refractivity contribution in [1.82, 2.24) is 4.58 Å². The summed E-state index contributed by atoms with van der Waals surface area (Å²) in [5.74, 6) is 0.104. The zero-order valence-corrected chi connectivity index (χ0v) is 34.8. The van der Waals surface area contributed by atoms with Crippen LogP contribution in [0.1, 0.15) is 54.0 Å². The lowest BCUT2D eigenvalue weighted by atomic mass is 9.90. The molecule has 292 valence electrons. The van der Waals surface area contributed by atoms with Crippen molar-refractivity contribution in [2.45, 2.75) is 34.3 Å². The highest BCUT2D eigenvalue weighted by molar-refractivity contribution is 6.17. The minimum Gasteiger partial charge on any atom is -1.00 e. The molecular formula is C50H46BrN3O4. The number of esters is 1. The average Bonchev–Trinajstić information content (AvgIpc) is 3.25. The van der Waals surface area contributed by atoms with Gasteiger partial charge in [-0.05, 0) is 97.4 Å². The Labute approximate surface area is 349 Å². The monoisotopic (exact) mass is 831 g/mol. The molecule has 1 amide bonds. The van der Waals surface area contributed by atoms with Crippen molar-refractivity contribution in [3.63, 3.8) is 0 Å². The van der Waals surface area contributed by atoms with E-state index in [1.54, 1.807) is 12.1 Å². The summed E-state index contributed by atoms with van der Waals surface area (Å²) in [6.45, 7) is 12.2. The SMILES string of the molecule is CCN(CC)c1ccc2c(-c3ccccc3C(=O)OCc3ccc(C(=O)Nc4cc5ccccc5c5ccccc45)cc3)c3ccc(=[N+](CC)CC)cc-3oc2c1.[Br-]. The molecule has 0 atom stereocenters. The maximum absolute atomic E-state index is 14.0. The Bertz CT molecular complexity index is 2820. The Hall–Kier alpha value is -6.25. The van der Waals surface area contributed by atoms with Gasteiger partial charge in [0.05, 0.1) is 11.6 Å². The summed E-state index contributed by atoms with van der Waals surface area (Å²) in [5, 5.41) is 9.39. The van der Waals surface area contributed by atoms with E-state index in [4.69, 9.17) is 9.15 Å². The molecule has 8 heteroatoms. The quantitative estimate of drug-likeness (QED) is 0.0624. The lowest BCUT2D eigenvalue weighted by molar-refractivity contribution is -0.0000369. The third kappa shape index (κ3) is 7.72. The normalized spacial score (nSPS) is 11.1. The second kappa shape index (κ2) is 17.5. The Kier molecular flexibility index (Phi) is 12.1. The molecule has 0 bridgehead atoms. The van der Waals surface area contributed by atoms with Crippen LogP contribution in [0.15, 0.2) is 144 Å². The molecule has 6 aromatic carbocycles. The number of nitrogens with zero attached hydrogens (tertiary/aromatic N) is 2. The fourth-order valence-electron chi connectivity index (χ4n) is 7.94. The third-order valence-corrected chi connectivity index (χ3v) is 11.0. The highest BCUT2D eigenvalue weighted by atomic mass is 79.9. The number of amides is 1. The first-order chi connectivity index (χ1) is 27.9. The van der Waals surface area contributed by atoms with Crippen molar-refractivity contribution < 1.29 is 35.7 Å². The van der Waals surface area contributed by atoms with E-state index in [1.807, 2.05) is 72.8 Å². The van der Waals surface area contributed by atoms with Crippen molar-refractivity contribution in [1.29, 1.82) is 0 Å². The number of hydrogen-bond acceptors (Lipinski definition) is 5. The lowest BCUT2D eigenvalue weighted by Crippen LogP contribution is -3.00. The number of ether oxygens (including phenoxy) is 1. The van der Waals surface area contributed by atoms with E-state index in [1.165, 1.54) is 0 Å². The number of benzene rings is 7. The summed E-state index contributed by atoms with van der Waals surface area (Å²) in [5.41, 5.74) is 6.94. The number of anilines is 2. The van der Waals surface area contributed by atoms with Crippen LogP contribution in [0.3, 0.4) is 0 Å². The number of hydrogen-bond donors (Lipinski definition) is 1. The zero-order valence-electron chi connectivity index (χ0n) is 33.2. The fraction of sp³-hybridized carbons (Fsp3) is 0.180.